The van der Waals surface area contributed by atoms with Crippen LogP contribution in [0.5, 0.6) is 0 Å². The van der Waals surface area contributed by atoms with Crippen LogP contribution in [0.4, 0.5) is 15.3 Å². The van der Waals surface area contributed by atoms with Gasteiger partial charge in [0.05, 0.1) is 24.2 Å². The quantitative estimate of drug-likeness (QED) is 0.212. The fraction of sp³-hybridized carbons (Fsp3) is 0.455. The first-order chi connectivity index (χ1) is 22.3. The van der Waals surface area contributed by atoms with Gasteiger partial charge < -0.3 is 35.5 Å². The molecule has 3 heterocycles. The van der Waals surface area contributed by atoms with Crippen LogP contribution < -0.4 is 21.9 Å². The molecule has 1 aromatic carbocycles. The zero-order valence-electron chi connectivity index (χ0n) is 26.9. The molecule has 1 aliphatic heterocycles. The molecule has 3 amide bonds. The summed E-state index contributed by atoms with van der Waals surface area (Å²) in [6.45, 7) is 7.41. The predicted molar refractivity (Wildman–Crippen MR) is 174 cm³/mol. The summed E-state index contributed by atoms with van der Waals surface area (Å²) in [5.74, 6) is -1.04. The molecule has 1 aliphatic rings. The largest absolute Gasteiger partial charge is 0.464 e. The van der Waals surface area contributed by atoms with Crippen LogP contribution in [0.2, 0.25) is 0 Å². The van der Waals surface area contributed by atoms with Crippen LogP contribution in [0.15, 0.2) is 53.5 Å². The number of para-hydroxylation sites is 1. The van der Waals surface area contributed by atoms with Crippen molar-refractivity contribution >= 4 is 40.7 Å². The third-order valence-corrected chi connectivity index (χ3v) is 7.64. The molecule has 1 fully saturated rings. The number of anilines is 1. The van der Waals surface area contributed by atoms with E-state index in [2.05, 4.69) is 36.4 Å². The fourth-order valence-corrected chi connectivity index (χ4v) is 5.39. The highest BCUT2D eigenvalue weighted by Crippen LogP contribution is 2.27. The van der Waals surface area contributed by atoms with Crippen LogP contribution in [-0.2, 0) is 32.0 Å². The molecule has 5 N–H and O–H groups in total. The Balaban J connectivity index is 1.53. The lowest BCUT2D eigenvalue weighted by atomic mass is 9.88. The molecule has 4 rings (SSSR count). The number of hydrogen-bond donors (Lipinski definition) is 4. The number of fused-ring (bicyclic) bond motifs is 1. The van der Waals surface area contributed by atoms with Crippen molar-refractivity contribution in [2.24, 2.45) is 17.1 Å². The number of imidazole rings is 1. The molecule has 0 radical (unpaired) electrons. The molecular weight excluding hydrogens is 608 g/mol. The SMILES string of the molecule is CC(C)(C)Cc1cccc2c1nc(Cn1cccc(NC(=O)C(CCC=CC(N)=O)NC(=O)OCC3CCOCC3)c1=O)n2C(=O)O. The van der Waals surface area contributed by atoms with Crippen LogP contribution in [0.1, 0.15) is 57.8 Å². The molecule has 0 spiro atoms. The van der Waals surface area contributed by atoms with Gasteiger partial charge in [-0.25, -0.2) is 19.1 Å². The maximum Gasteiger partial charge on any atom is 0.417 e. The van der Waals surface area contributed by atoms with Crippen molar-refractivity contribution in [3.8, 4) is 0 Å². The van der Waals surface area contributed by atoms with Gasteiger partial charge in [-0.1, -0.05) is 39.0 Å². The maximum atomic E-state index is 13.5. The van der Waals surface area contributed by atoms with Crippen LogP contribution in [0.3, 0.4) is 0 Å². The highest BCUT2D eigenvalue weighted by Gasteiger charge is 2.25. The van der Waals surface area contributed by atoms with Crippen molar-refractivity contribution in [1.82, 2.24) is 19.4 Å². The molecule has 47 heavy (non-hydrogen) atoms. The van der Waals surface area contributed by atoms with Crippen LogP contribution >= 0.6 is 0 Å². The molecule has 1 unspecified atom stereocenters. The summed E-state index contributed by atoms with van der Waals surface area (Å²) in [5.41, 5.74) is 6.23. The number of ether oxygens (including phenoxy) is 2. The van der Waals surface area contributed by atoms with Crippen molar-refractivity contribution < 1.29 is 33.8 Å². The first-order valence-electron chi connectivity index (χ1n) is 15.5. The lowest BCUT2D eigenvalue weighted by Gasteiger charge is -2.22. The van der Waals surface area contributed by atoms with Crippen LogP contribution in [-0.4, -0.2) is 69.1 Å². The molecule has 2 aromatic heterocycles. The molecule has 0 bridgehead atoms. The van der Waals surface area contributed by atoms with Crippen LogP contribution in [0, 0.1) is 11.3 Å². The number of rotatable bonds is 12. The van der Waals surface area contributed by atoms with Gasteiger partial charge >= 0.3 is 12.2 Å². The Morgan fingerprint density at radius 2 is 1.91 bits per heavy atom. The highest BCUT2D eigenvalue weighted by atomic mass is 16.5. The van der Waals surface area contributed by atoms with E-state index in [1.807, 2.05) is 6.07 Å². The number of amides is 3. The van der Waals surface area contributed by atoms with Gasteiger partial charge in [-0.2, -0.15) is 0 Å². The number of nitrogens with zero attached hydrogens (tertiary/aromatic N) is 3. The van der Waals surface area contributed by atoms with E-state index >= 15 is 0 Å². The zero-order valence-corrected chi connectivity index (χ0v) is 26.9. The minimum atomic E-state index is -1.24. The number of benzene rings is 1. The molecule has 14 heteroatoms. The number of nitrogens with one attached hydrogen (secondary N) is 2. The molecular formula is C33H42N6O8. The molecule has 14 nitrogen and oxygen atoms in total. The summed E-state index contributed by atoms with van der Waals surface area (Å²) in [4.78, 5) is 67.5. The van der Waals surface area contributed by atoms with Crippen molar-refractivity contribution in [1.29, 1.82) is 0 Å². The predicted octanol–water partition coefficient (Wildman–Crippen LogP) is 3.64. The Morgan fingerprint density at radius 3 is 2.60 bits per heavy atom. The third-order valence-electron chi connectivity index (χ3n) is 7.64. The first-order valence-corrected chi connectivity index (χ1v) is 15.5. The lowest BCUT2D eigenvalue weighted by molar-refractivity contribution is -0.118. The van der Waals surface area contributed by atoms with E-state index in [0.717, 1.165) is 29.0 Å². The van der Waals surface area contributed by atoms with E-state index in [4.69, 9.17) is 15.2 Å². The summed E-state index contributed by atoms with van der Waals surface area (Å²) >= 11 is 0. The number of allylic oxidation sites excluding steroid dienone is 1. The average molecular weight is 651 g/mol. The first kappa shape index (κ1) is 34.9. The van der Waals surface area contributed by atoms with Gasteiger partial charge in [0.2, 0.25) is 11.8 Å². The van der Waals surface area contributed by atoms with E-state index in [1.54, 1.807) is 12.1 Å². The number of primary amides is 1. The number of carboxylic acid groups (broad SMARTS) is 1. The van der Waals surface area contributed by atoms with Crippen molar-refractivity contribution in [3.05, 3.63) is 70.4 Å². The Hall–Kier alpha value is -4.98. The van der Waals surface area contributed by atoms with Gasteiger partial charge in [-0.05, 0) is 73.3 Å². The van der Waals surface area contributed by atoms with Crippen molar-refractivity contribution in [2.45, 2.75) is 65.5 Å². The number of aromatic nitrogens is 3. The second-order valence-electron chi connectivity index (χ2n) is 12.7. The number of carbonyl (C=O) groups excluding carboxylic acids is 3. The van der Waals surface area contributed by atoms with Gasteiger partial charge in [-0.15, -0.1) is 0 Å². The Kier molecular flexibility index (Phi) is 11.5. The topological polar surface area (TPSA) is 197 Å². The maximum absolute atomic E-state index is 13.5. The normalized spacial score (nSPS) is 14.6. The number of pyridine rings is 1. The van der Waals surface area contributed by atoms with E-state index in [1.165, 1.54) is 29.0 Å². The third kappa shape index (κ3) is 9.75. The van der Waals surface area contributed by atoms with Crippen molar-refractivity contribution in [3.63, 3.8) is 0 Å². The van der Waals surface area contributed by atoms with Gasteiger partial charge in [0.25, 0.3) is 5.56 Å². The fourth-order valence-electron chi connectivity index (χ4n) is 5.39. The second kappa shape index (κ2) is 15.5. The Bertz CT molecular complexity index is 1700. The molecule has 0 saturated carbocycles. The zero-order chi connectivity index (χ0) is 34.1. The van der Waals surface area contributed by atoms with E-state index in [-0.39, 0.29) is 48.8 Å². The van der Waals surface area contributed by atoms with Gasteiger partial charge in [0, 0.05) is 19.4 Å². The number of carbonyl (C=O) groups is 4. The second-order valence-corrected chi connectivity index (χ2v) is 12.7. The number of nitrogens with two attached hydrogens (primary N) is 1. The van der Waals surface area contributed by atoms with Gasteiger partial charge in [0.1, 0.15) is 17.6 Å². The molecule has 1 atom stereocenters. The lowest BCUT2D eigenvalue weighted by Crippen LogP contribution is -2.45. The number of hydrogen-bond acceptors (Lipinski definition) is 8. The number of alkyl carbamates (subject to hydrolysis) is 1. The van der Waals surface area contributed by atoms with Gasteiger partial charge in [0.15, 0.2) is 0 Å². The van der Waals surface area contributed by atoms with Crippen LogP contribution in [0.25, 0.3) is 11.0 Å². The summed E-state index contributed by atoms with van der Waals surface area (Å²) in [7, 11) is 0. The van der Waals surface area contributed by atoms with E-state index in [9.17, 15) is 29.1 Å². The van der Waals surface area contributed by atoms with Crippen molar-refractivity contribution in [2.75, 3.05) is 25.1 Å². The molecule has 3 aromatic rings. The highest BCUT2D eigenvalue weighted by molar-refractivity contribution is 5.96. The standard InChI is InChI=1S/C33H42N6O8/c1-33(2,3)18-22-8-6-11-25-28(22)37-27(39(25)32(44)45)19-38-15-7-10-24(30(38)42)35-29(41)23(9-4-5-12-26(34)40)36-31(43)47-20-21-13-16-46-17-14-21/h5-8,10-12,15,21,23H,4,9,13-14,16-20H2,1-3H3,(H2,34,40)(H,35,41)(H,36,43)(H,44,45). The summed E-state index contributed by atoms with van der Waals surface area (Å²) in [6.07, 6.45) is 4.57. The smallest absolute Gasteiger partial charge is 0.417 e. The summed E-state index contributed by atoms with van der Waals surface area (Å²) < 4.78 is 13.0. The Labute approximate surface area is 271 Å². The monoisotopic (exact) mass is 650 g/mol. The average Bonchev–Trinajstić information content (AvgIpc) is 3.38. The molecule has 0 aliphatic carbocycles. The van der Waals surface area contributed by atoms with E-state index in [0.29, 0.717) is 30.7 Å². The summed E-state index contributed by atoms with van der Waals surface area (Å²) in [6, 6.07) is 7.20. The summed E-state index contributed by atoms with van der Waals surface area (Å²) in [5, 5.41) is 15.2. The molecule has 252 valence electrons. The van der Waals surface area contributed by atoms with E-state index < -0.39 is 35.6 Å². The molecule has 1 saturated heterocycles. The van der Waals surface area contributed by atoms with Gasteiger partial charge in [-0.3, -0.25) is 14.4 Å². The minimum absolute atomic E-state index is 0.0721. The Morgan fingerprint density at radius 1 is 1.17 bits per heavy atom. The minimum Gasteiger partial charge on any atom is -0.464 e.